The Labute approximate surface area is 175 Å². The summed E-state index contributed by atoms with van der Waals surface area (Å²) in [6.07, 6.45) is 4.26. The van der Waals surface area contributed by atoms with Crippen LogP contribution in [-0.4, -0.2) is 18.0 Å². The van der Waals surface area contributed by atoms with Gasteiger partial charge in [-0.3, -0.25) is 9.78 Å². The number of rotatable bonds is 7. The molecule has 0 saturated heterocycles. The number of pyridine rings is 1. The number of ether oxygens (including phenoxy) is 1. The summed E-state index contributed by atoms with van der Waals surface area (Å²) in [5, 5.41) is 6.26. The van der Waals surface area contributed by atoms with Crippen LogP contribution >= 0.6 is 0 Å². The third-order valence-electron chi connectivity index (χ3n) is 5.65. The van der Waals surface area contributed by atoms with Gasteiger partial charge >= 0.3 is 0 Å². The Kier molecular flexibility index (Phi) is 5.65. The number of carbonyl (C=O) groups excluding carboxylic acids is 1. The maximum absolute atomic E-state index is 13.1. The van der Waals surface area contributed by atoms with Crippen molar-refractivity contribution < 1.29 is 13.9 Å². The number of halogens is 1. The van der Waals surface area contributed by atoms with E-state index >= 15 is 0 Å². The zero-order chi connectivity index (χ0) is 21.0. The first-order chi connectivity index (χ1) is 14.6. The van der Waals surface area contributed by atoms with E-state index in [1.165, 1.54) is 12.1 Å². The summed E-state index contributed by atoms with van der Waals surface area (Å²) >= 11 is 0. The molecule has 5 nitrogen and oxygen atoms in total. The van der Waals surface area contributed by atoms with Gasteiger partial charge in [-0.05, 0) is 66.9 Å². The van der Waals surface area contributed by atoms with E-state index in [0.717, 1.165) is 42.0 Å². The Bertz CT molecular complexity index is 998. The van der Waals surface area contributed by atoms with Crippen molar-refractivity contribution in [2.24, 2.45) is 0 Å². The summed E-state index contributed by atoms with van der Waals surface area (Å²) in [6, 6.07) is 17.6. The molecule has 154 valence electrons. The highest BCUT2D eigenvalue weighted by Crippen LogP contribution is 2.44. The number of carbonyl (C=O) groups is 1. The third-order valence-corrected chi connectivity index (χ3v) is 5.65. The highest BCUT2D eigenvalue weighted by Gasteiger charge is 2.46. The Hall–Kier alpha value is -3.41. The molecule has 0 radical (unpaired) electrons. The van der Waals surface area contributed by atoms with Crippen molar-refractivity contribution in [3.05, 3.63) is 83.9 Å². The predicted molar refractivity (Wildman–Crippen MR) is 115 cm³/mol. The Morgan fingerprint density at radius 2 is 1.73 bits per heavy atom. The van der Waals surface area contributed by atoms with E-state index in [2.05, 4.69) is 15.6 Å². The van der Waals surface area contributed by atoms with Crippen LogP contribution in [0.2, 0.25) is 0 Å². The molecule has 1 aliphatic rings. The normalized spacial score (nSPS) is 14.5. The largest absolute Gasteiger partial charge is 0.497 e. The van der Waals surface area contributed by atoms with Gasteiger partial charge < -0.3 is 15.4 Å². The van der Waals surface area contributed by atoms with Gasteiger partial charge in [0.1, 0.15) is 11.6 Å². The number of aromatic nitrogens is 1. The SMILES string of the molecule is COc1ccc(CNc2ccc(C3(C(=O)Nc4ccc(F)cc4)CCC3)nc2)cc1. The third kappa shape index (κ3) is 4.13. The monoisotopic (exact) mass is 405 g/mol. The first-order valence-corrected chi connectivity index (χ1v) is 9.99. The highest BCUT2D eigenvalue weighted by molar-refractivity contribution is 5.99. The number of amides is 1. The summed E-state index contributed by atoms with van der Waals surface area (Å²) in [5.41, 5.74) is 2.76. The molecule has 0 bridgehead atoms. The second kappa shape index (κ2) is 8.53. The zero-order valence-electron chi connectivity index (χ0n) is 16.8. The van der Waals surface area contributed by atoms with E-state index in [1.54, 1.807) is 25.4 Å². The molecule has 1 amide bonds. The second-order valence-corrected chi connectivity index (χ2v) is 7.53. The number of nitrogens with zero attached hydrogens (tertiary/aromatic N) is 1. The van der Waals surface area contributed by atoms with Gasteiger partial charge in [-0.15, -0.1) is 0 Å². The first kappa shape index (κ1) is 19.9. The van der Waals surface area contributed by atoms with Gasteiger partial charge in [0, 0.05) is 12.2 Å². The minimum absolute atomic E-state index is 0.0909. The van der Waals surface area contributed by atoms with Crippen molar-refractivity contribution in [3.63, 3.8) is 0 Å². The standard InChI is InChI=1S/C24H24FN3O2/c1-30-21-10-3-17(4-11-21)15-26-20-9-12-22(27-16-20)24(13-2-14-24)23(29)28-19-7-5-18(25)6-8-19/h3-12,16,26H,2,13-15H2,1H3,(H,28,29). The van der Waals surface area contributed by atoms with Gasteiger partial charge in [0.2, 0.25) is 5.91 Å². The van der Waals surface area contributed by atoms with Gasteiger partial charge in [-0.1, -0.05) is 18.6 Å². The average molecular weight is 405 g/mol. The van der Waals surface area contributed by atoms with Gasteiger partial charge in [-0.2, -0.15) is 0 Å². The molecule has 1 aromatic heterocycles. The van der Waals surface area contributed by atoms with Crippen LogP contribution in [0.15, 0.2) is 66.9 Å². The lowest BCUT2D eigenvalue weighted by molar-refractivity contribution is -0.124. The van der Waals surface area contributed by atoms with E-state index in [0.29, 0.717) is 12.2 Å². The lowest BCUT2D eigenvalue weighted by atomic mass is 9.65. The van der Waals surface area contributed by atoms with Crippen molar-refractivity contribution >= 4 is 17.3 Å². The van der Waals surface area contributed by atoms with Crippen LogP contribution in [0.3, 0.4) is 0 Å². The van der Waals surface area contributed by atoms with Crippen molar-refractivity contribution in [2.45, 2.75) is 31.2 Å². The first-order valence-electron chi connectivity index (χ1n) is 9.99. The number of hydrogen-bond donors (Lipinski definition) is 2. The second-order valence-electron chi connectivity index (χ2n) is 7.53. The fourth-order valence-electron chi connectivity index (χ4n) is 3.64. The van der Waals surface area contributed by atoms with Crippen LogP contribution in [0.25, 0.3) is 0 Å². The maximum atomic E-state index is 13.1. The molecule has 1 fully saturated rings. The molecule has 0 spiro atoms. The van der Waals surface area contributed by atoms with Crippen molar-refractivity contribution in [1.29, 1.82) is 0 Å². The van der Waals surface area contributed by atoms with Crippen molar-refractivity contribution in [2.75, 3.05) is 17.7 Å². The number of anilines is 2. The van der Waals surface area contributed by atoms with E-state index in [-0.39, 0.29) is 11.7 Å². The minimum atomic E-state index is -0.622. The summed E-state index contributed by atoms with van der Waals surface area (Å²) in [4.78, 5) is 17.6. The van der Waals surface area contributed by atoms with Crippen LogP contribution in [0.4, 0.5) is 15.8 Å². The number of methoxy groups -OCH3 is 1. The van der Waals surface area contributed by atoms with E-state index in [9.17, 15) is 9.18 Å². The lowest BCUT2D eigenvalue weighted by Crippen LogP contribution is -2.46. The molecule has 1 aliphatic carbocycles. The van der Waals surface area contributed by atoms with E-state index in [4.69, 9.17) is 4.74 Å². The quantitative estimate of drug-likeness (QED) is 0.587. The van der Waals surface area contributed by atoms with Crippen LogP contribution in [0.5, 0.6) is 5.75 Å². The summed E-state index contributed by atoms with van der Waals surface area (Å²) in [7, 11) is 1.65. The van der Waals surface area contributed by atoms with Crippen molar-refractivity contribution in [1.82, 2.24) is 4.98 Å². The molecule has 1 heterocycles. The smallest absolute Gasteiger partial charge is 0.236 e. The average Bonchev–Trinajstić information content (AvgIpc) is 2.74. The number of hydrogen-bond acceptors (Lipinski definition) is 4. The molecule has 3 aromatic rings. The molecule has 0 aliphatic heterocycles. The maximum Gasteiger partial charge on any atom is 0.236 e. The molecule has 1 saturated carbocycles. The summed E-state index contributed by atoms with van der Waals surface area (Å²) in [5.74, 6) is 0.409. The molecular formula is C24H24FN3O2. The molecule has 6 heteroatoms. The zero-order valence-corrected chi connectivity index (χ0v) is 16.8. The highest BCUT2D eigenvalue weighted by atomic mass is 19.1. The molecule has 0 atom stereocenters. The summed E-state index contributed by atoms with van der Waals surface area (Å²) < 4.78 is 18.3. The number of nitrogens with one attached hydrogen (secondary N) is 2. The minimum Gasteiger partial charge on any atom is -0.497 e. The molecule has 30 heavy (non-hydrogen) atoms. The lowest BCUT2D eigenvalue weighted by Gasteiger charge is -2.39. The Balaban J connectivity index is 1.42. The summed E-state index contributed by atoms with van der Waals surface area (Å²) in [6.45, 7) is 0.668. The van der Waals surface area contributed by atoms with E-state index < -0.39 is 5.41 Å². The molecule has 2 aromatic carbocycles. The van der Waals surface area contributed by atoms with Crippen LogP contribution in [0.1, 0.15) is 30.5 Å². The van der Waals surface area contributed by atoms with Gasteiger partial charge in [-0.25, -0.2) is 4.39 Å². The Morgan fingerprint density at radius 1 is 1.03 bits per heavy atom. The van der Waals surface area contributed by atoms with Gasteiger partial charge in [0.15, 0.2) is 0 Å². The molecule has 4 rings (SSSR count). The topological polar surface area (TPSA) is 63.2 Å². The fraction of sp³-hybridized carbons (Fsp3) is 0.250. The fourth-order valence-corrected chi connectivity index (χ4v) is 3.64. The van der Waals surface area contributed by atoms with Crippen LogP contribution in [-0.2, 0) is 16.8 Å². The van der Waals surface area contributed by atoms with Crippen LogP contribution < -0.4 is 15.4 Å². The van der Waals surface area contributed by atoms with Crippen LogP contribution in [0, 0.1) is 5.82 Å². The van der Waals surface area contributed by atoms with Gasteiger partial charge in [0.25, 0.3) is 0 Å². The molecular weight excluding hydrogens is 381 g/mol. The van der Waals surface area contributed by atoms with E-state index in [1.807, 2.05) is 36.4 Å². The Morgan fingerprint density at radius 3 is 2.30 bits per heavy atom. The molecule has 0 unspecified atom stereocenters. The van der Waals surface area contributed by atoms with Crippen molar-refractivity contribution in [3.8, 4) is 5.75 Å². The van der Waals surface area contributed by atoms with Gasteiger partial charge in [0.05, 0.1) is 30.1 Å². The predicted octanol–water partition coefficient (Wildman–Crippen LogP) is 4.90. The molecule has 2 N–H and O–H groups in total. The number of benzene rings is 2.